The van der Waals surface area contributed by atoms with Crippen LogP contribution in [0.25, 0.3) is 0 Å². The minimum atomic E-state index is -0.604. The summed E-state index contributed by atoms with van der Waals surface area (Å²) in [4.78, 5) is 3.95. The zero-order valence-corrected chi connectivity index (χ0v) is 9.88. The average molecular weight is 246 g/mol. The standard InChI is InChI=1S/C14H15FN2O/c15-13-5-1-3-11(7-13)8-17-10-14(18)12-4-2-6-16-9-12/h1-7,9,14,17-18H,8,10H2. The molecule has 0 amide bonds. The van der Waals surface area contributed by atoms with E-state index in [9.17, 15) is 9.50 Å². The molecule has 0 saturated heterocycles. The lowest BCUT2D eigenvalue weighted by Gasteiger charge is -2.11. The van der Waals surface area contributed by atoms with Gasteiger partial charge in [-0.15, -0.1) is 0 Å². The summed E-state index contributed by atoms with van der Waals surface area (Å²) < 4.78 is 12.9. The molecular weight excluding hydrogens is 231 g/mol. The van der Waals surface area contributed by atoms with Crippen LogP contribution in [0, 0.1) is 5.82 Å². The van der Waals surface area contributed by atoms with E-state index >= 15 is 0 Å². The highest BCUT2D eigenvalue weighted by Gasteiger charge is 2.06. The maximum atomic E-state index is 12.9. The molecule has 1 aromatic carbocycles. The zero-order chi connectivity index (χ0) is 12.8. The molecule has 0 radical (unpaired) electrons. The van der Waals surface area contributed by atoms with Gasteiger partial charge >= 0.3 is 0 Å². The van der Waals surface area contributed by atoms with Crippen molar-refractivity contribution in [3.8, 4) is 0 Å². The van der Waals surface area contributed by atoms with E-state index in [0.717, 1.165) is 11.1 Å². The monoisotopic (exact) mass is 246 g/mol. The van der Waals surface area contributed by atoms with Gasteiger partial charge in [0.1, 0.15) is 5.82 Å². The number of hydrogen-bond donors (Lipinski definition) is 2. The summed E-state index contributed by atoms with van der Waals surface area (Å²) in [5, 5.41) is 13.0. The van der Waals surface area contributed by atoms with Crippen molar-refractivity contribution < 1.29 is 9.50 Å². The number of hydrogen-bond acceptors (Lipinski definition) is 3. The Morgan fingerprint density at radius 3 is 2.89 bits per heavy atom. The average Bonchev–Trinajstić information content (AvgIpc) is 2.40. The first-order chi connectivity index (χ1) is 8.75. The van der Waals surface area contributed by atoms with E-state index in [1.165, 1.54) is 12.1 Å². The molecule has 0 spiro atoms. The molecule has 2 aromatic rings. The highest BCUT2D eigenvalue weighted by atomic mass is 19.1. The lowest BCUT2D eigenvalue weighted by Crippen LogP contribution is -2.21. The van der Waals surface area contributed by atoms with Gasteiger partial charge < -0.3 is 10.4 Å². The minimum absolute atomic E-state index is 0.248. The number of nitrogens with one attached hydrogen (secondary N) is 1. The molecule has 2 rings (SSSR count). The molecule has 0 bridgehead atoms. The van der Waals surface area contributed by atoms with Crippen LogP contribution in [0.4, 0.5) is 4.39 Å². The van der Waals surface area contributed by atoms with Crippen molar-refractivity contribution >= 4 is 0 Å². The molecule has 4 heteroatoms. The second-order valence-electron chi connectivity index (χ2n) is 4.06. The molecule has 1 unspecified atom stereocenters. The molecule has 1 heterocycles. The van der Waals surface area contributed by atoms with E-state index in [-0.39, 0.29) is 5.82 Å². The molecule has 0 aliphatic rings. The number of aromatic nitrogens is 1. The second kappa shape index (κ2) is 6.23. The maximum absolute atomic E-state index is 12.9. The van der Waals surface area contributed by atoms with E-state index in [2.05, 4.69) is 10.3 Å². The molecule has 0 saturated carbocycles. The van der Waals surface area contributed by atoms with Crippen LogP contribution in [0.2, 0.25) is 0 Å². The van der Waals surface area contributed by atoms with Crippen LogP contribution in [0.3, 0.4) is 0 Å². The van der Waals surface area contributed by atoms with Gasteiger partial charge in [0.25, 0.3) is 0 Å². The number of aliphatic hydroxyl groups is 1. The summed E-state index contributed by atoms with van der Waals surface area (Å²) in [7, 11) is 0. The van der Waals surface area contributed by atoms with Gasteiger partial charge in [-0.25, -0.2) is 4.39 Å². The van der Waals surface area contributed by atoms with E-state index in [1.54, 1.807) is 24.5 Å². The van der Waals surface area contributed by atoms with Crippen LogP contribution >= 0.6 is 0 Å². The molecule has 0 aliphatic heterocycles. The summed E-state index contributed by atoms with van der Waals surface area (Å²) in [6.45, 7) is 0.928. The van der Waals surface area contributed by atoms with Crippen LogP contribution in [0.1, 0.15) is 17.2 Å². The fourth-order valence-electron chi connectivity index (χ4n) is 1.69. The van der Waals surface area contributed by atoms with E-state index in [4.69, 9.17) is 0 Å². The summed E-state index contributed by atoms with van der Waals surface area (Å²) in [6, 6.07) is 10.0. The number of rotatable bonds is 5. The summed E-state index contributed by atoms with van der Waals surface area (Å²) in [5.41, 5.74) is 1.62. The Kier molecular flexibility index (Phi) is 4.39. The van der Waals surface area contributed by atoms with Gasteiger partial charge in [0.15, 0.2) is 0 Å². The molecule has 94 valence electrons. The number of benzene rings is 1. The third-order valence-corrected chi connectivity index (χ3v) is 2.63. The van der Waals surface area contributed by atoms with E-state index in [0.29, 0.717) is 13.1 Å². The zero-order valence-electron chi connectivity index (χ0n) is 9.88. The van der Waals surface area contributed by atoms with Crippen molar-refractivity contribution in [2.24, 2.45) is 0 Å². The van der Waals surface area contributed by atoms with Crippen LogP contribution in [-0.2, 0) is 6.54 Å². The lowest BCUT2D eigenvalue weighted by molar-refractivity contribution is 0.174. The molecule has 1 atom stereocenters. The van der Waals surface area contributed by atoms with Crippen molar-refractivity contribution in [1.82, 2.24) is 10.3 Å². The van der Waals surface area contributed by atoms with Gasteiger partial charge in [0, 0.05) is 31.0 Å². The Hall–Kier alpha value is -1.78. The third kappa shape index (κ3) is 3.61. The number of nitrogens with zero attached hydrogens (tertiary/aromatic N) is 1. The van der Waals surface area contributed by atoms with E-state index in [1.807, 2.05) is 12.1 Å². The van der Waals surface area contributed by atoms with Crippen molar-refractivity contribution in [2.45, 2.75) is 12.6 Å². The molecule has 18 heavy (non-hydrogen) atoms. The Morgan fingerprint density at radius 1 is 1.28 bits per heavy atom. The van der Waals surface area contributed by atoms with Gasteiger partial charge in [-0.1, -0.05) is 18.2 Å². The Labute approximate surface area is 105 Å². The molecule has 0 fully saturated rings. The molecule has 2 N–H and O–H groups in total. The molecule has 3 nitrogen and oxygen atoms in total. The van der Waals surface area contributed by atoms with Crippen molar-refractivity contribution in [3.63, 3.8) is 0 Å². The summed E-state index contributed by atoms with van der Waals surface area (Å²) in [6.07, 6.45) is 2.69. The van der Waals surface area contributed by atoms with Crippen LogP contribution in [0.15, 0.2) is 48.8 Å². The van der Waals surface area contributed by atoms with Crippen LogP contribution in [-0.4, -0.2) is 16.6 Å². The van der Waals surface area contributed by atoms with Gasteiger partial charge in [0.2, 0.25) is 0 Å². The quantitative estimate of drug-likeness (QED) is 0.848. The molecule has 1 aromatic heterocycles. The number of aliphatic hydroxyl groups excluding tert-OH is 1. The Bertz CT molecular complexity index is 490. The van der Waals surface area contributed by atoms with Crippen molar-refractivity contribution in [1.29, 1.82) is 0 Å². The maximum Gasteiger partial charge on any atom is 0.123 e. The van der Waals surface area contributed by atoms with Gasteiger partial charge in [-0.2, -0.15) is 0 Å². The highest BCUT2D eigenvalue weighted by Crippen LogP contribution is 2.09. The molecule has 0 aliphatic carbocycles. The summed E-state index contributed by atoms with van der Waals surface area (Å²) in [5.74, 6) is -0.248. The number of pyridine rings is 1. The lowest BCUT2D eigenvalue weighted by atomic mass is 10.1. The fraction of sp³-hybridized carbons (Fsp3) is 0.214. The smallest absolute Gasteiger partial charge is 0.123 e. The SMILES string of the molecule is OC(CNCc1cccc(F)c1)c1cccnc1. The Balaban J connectivity index is 1.82. The first-order valence-corrected chi connectivity index (χ1v) is 5.79. The second-order valence-corrected chi connectivity index (χ2v) is 4.06. The highest BCUT2D eigenvalue weighted by molar-refractivity contribution is 5.16. The Morgan fingerprint density at radius 2 is 2.17 bits per heavy atom. The summed E-state index contributed by atoms with van der Waals surface area (Å²) >= 11 is 0. The van der Waals surface area contributed by atoms with Gasteiger partial charge in [0.05, 0.1) is 6.10 Å². The third-order valence-electron chi connectivity index (χ3n) is 2.63. The number of halogens is 1. The minimum Gasteiger partial charge on any atom is -0.387 e. The normalized spacial score (nSPS) is 12.3. The first-order valence-electron chi connectivity index (χ1n) is 5.79. The molecular formula is C14H15FN2O. The van der Waals surface area contributed by atoms with Crippen LogP contribution in [0.5, 0.6) is 0 Å². The van der Waals surface area contributed by atoms with Crippen LogP contribution < -0.4 is 5.32 Å². The van der Waals surface area contributed by atoms with Crippen molar-refractivity contribution in [2.75, 3.05) is 6.54 Å². The fourth-order valence-corrected chi connectivity index (χ4v) is 1.69. The van der Waals surface area contributed by atoms with Gasteiger partial charge in [-0.3, -0.25) is 4.98 Å². The van der Waals surface area contributed by atoms with E-state index < -0.39 is 6.10 Å². The van der Waals surface area contributed by atoms with Gasteiger partial charge in [-0.05, 0) is 23.8 Å². The topological polar surface area (TPSA) is 45.1 Å². The van der Waals surface area contributed by atoms with Crippen molar-refractivity contribution in [3.05, 3.63) is 65.7 Å². The first kappa shape index (κ1) is 12.7. The largest absolute Gasteiger partial charge is 0.387 e. The predicted molar refractivity (Wildman–Crippen MR) is 67.3 cm³/mol. The predicted octanol–water partition coefficient (Wildman–Crippen LogP) is 2.04.